The molecular weight excluding hydrogens is 267 g/mol. The van der Waals surface area contributed by atoms with Crippen LogP contribution in [0.1, 0.15) is 41.7 Å². The quantitative estimate of drug-likeness (QED) is 0.922. The first-order valence-corrected chi connectivity index (χ1v) is 7.37. The summed E-state index contributed by atoms with van der Waals surface area (Å²) in [5.74, 6) is -0.391. The maximum atomic E-state index is 13.6. The standard InChI is InChI=1S/C18H19FO2/c19-16-10-4-3-9-15(16)17(20)12-21-18-11-5-7-13-6-1-2-8-14(13)18/h1-4,6,8-10,17-18,20H,5,7,11-12H2. The number of fused-ring (bicyclic) bond motifs is 1. The van der Waals surface area contributed by atoms with E-state index in [1.54, 1.807) is 18.2 Å². The van der Waals surface area contributed by atoms with Gasteiger partial charge in [-0.1, -0.05) is 42.5 Å². The highest BCUT2D eigenvalue weighted by molar-refractivity contribution is 5.31. The van der Waals surface area contributed by atoms with Crippen molar-refractivity contribution in [3.63, 3.8) is 0 Å². The van der Waals surface area contributed by atoms with Crippen LogP contribution in [-0.4, -0.2) is 11.7 Å². The van der Waals surface area contributed by atoms with Gasteiger partial charge < -0.3 is 9.84 Å². The molecule has 21 heavy (non-hydrogen) atoms. The van der Waals surface area contributed by atoms with E-state index < -0.39 is 11.9 Å². The summed E-state index contributed by atoms with van der Waals surface area (Å²) in [4.78, 5) is 0. The van der Waals surface area contributed by atoms with Gasteiger partial charge in [0.1, 0.15) is 11.9 Å². The number of rotatable bonds is 4. The van der Waals surface area contributed by atoms with Crippen molar-refractivity contribution in [1.29, 1.82) is 0 Å². The molecule has 3 rings (SSSR count). The zero-order valence-corrected chi connectivity index (χ0v) is 11.8. The SMILES string of the molecule is OC(COC1CCCc2ccccc21)c1ccccc1F. The highest BCUT2D eigenvalue weighted by Gasteiger charge is 2.22. The first-order chi connectivity index (χ1) is 10.3. The molecule has 0 saturated carbocycles. The normalized spacial score (nSPS) is 19.0. The molecule has 110 valence electrons. The van der Waals surface area contributed by atoms with E-state index >= 15 is 0 Å². The molecule has 2 unspecified atom stereocenters. The van der Waals surface area contributed by atoms with Crippen LogP contribution in [0, 0.1) is 5.82 Å². The highest BCUT2D eigenvalue weighted by Crippen LogP contribution is 2.33. The van der Waals surface area contributed by atoms with Crippen molar-refractivity contribution in [2.45, 2.75) is 31.5 Å². The number of hydrogen-bond acceptors (Lipinski definition) is 2. The Kier molecular flexibility index (Phi) is 4.32. The average Bonchev–Trinajstić information content (AvgIpc) is 2.53. The zero-order valence-electron chi connectivity index (χ0n) is 11.8. The van der Waals surface area contributed by atoms with E-state index in [1.165, 1.54) is 17.2 Å². The van der Waals surface area contributed by atoms with Gasteiger partial charge in [0.05, 0.1) is 12.7 Å². The summed E-state index contributed by atoms with van der Waals surface area (Å²) in [6, 6.07) is 14.5. The third-order valence-corrected chi connectivity index (χ3v) is 4.03. The molecule has 0 spiro atoms. The Morgan fingerprint density at radius 3 is 2.76 bits per heavy atom. The second-order valence-corrected chi connectivity index (χ2v) is 5.45. The molecule has 2 aromatic carbocycles. The zero-order chi connectivity index (χ0) is 14.7. The van der Waals surface area contributed by atoms with E-state index in [4.69, 9.17) is 4.74 Å². The molecule has 0 bridgehead atoms. The topological polar surface area (TPSA) is 29.5 Å². The molecule has 0 aromatic heterocycles. The minimum atomic E-state index is -0.930. The summed E-state index contributed by atoms with van der Waals surface area (Å²) in [5.41, 5.74) is 2.81. The molecule has 0 fully saturated rings. The van der Waals surface area contributed by atoms with E-state index in [1.807, 2.05) is 12.1 Å². The molecule has 2 atom stereocenters. The molecule has 1 N–H and O–H groups in total. The maximum absolute atomic E-state index is 13.6. The van der Waals surface area contributed by atoms with Gasteiger partial charge in [-0.2, -0.15) is 0 Å². The third kappa shape index (κ3) is 3.14. The van der Waals surface area contributed by atoms with Crippen LogP contribution in [0.25, 0.3) is 0 Å². The highest BCUT2D eigenvalue weighted by atomic mass is 19.1. The first kappa shape index (κ1) is 14.2. The lowest BCUT2D eigenvalue weighted by Crippen LogP contribution is -2.17. The van der Waals surface area contributed by atoms with E-state index in [0.717, 1.165) is 19.3 Å². The van der Waals surface area contributed by atoms with Crippen molar-refractivity contribution in [2.75, 3.05) is 6.61 Å². The van der Waals surface area contributed by atoms with Crippen LogP contribution in [0.2, 0.25) is 0 Å². The molecule has 0 amide bonds. The molecule has 2 aromatic rings. The summed E-state index contributed by atoms with van der Waals surface area (Å²) >= 11 is 0. The molecule has 0 aliphatic heterocycles. The number of benzene rings is 2. The predicted octanol–water partition coefficient (Wildman–Crippen LogP) is 3.95. The lowest BCUT2D eigenvalue weighted by molar-refractivity contribution is -0.0194. The molecule has 1 aliphatic carbocycles. The summed E-state index contributed by atoms with van der Waals surface area (Å²) in [5, 5.41) is 10.1. The Hall–Kier alpha value is -1.71. The second kappa shape index (κ2) is 6.37. The van der Waals surface area contributed by atoms with Crippen LogP contribution in [0.3, 0.4) is 0 Å². The predicted molar refractivity (Wildman–Crippen MR) is 79.4 cm³/mol. The fourth-order valence-electron chi connectivity index (χ4n) is 2.92. The van der Waals surface area contributed by atoms with Crippen LogP contribution >= 0.6 is 0 Å². The number of hydrogen-bond donors (Lipinski definition) is 1. The minimum absolute atomic E-state index is 0.00336. The lowest BCUT2D eigenvalue weighted by atomic mass is 9.89. The van der Waals surface area contributed by atoms with Gasteiger partial charge in [0.2, 0.25) is 0 Å². The van der Waals surface area contributed by atoms with Crippen molar-refractivity contribution in [3.05, 3.63) is 71.0 Å². The van der Waals surface area contributed by atoms with Crippen molar-refractivity contribution in [1.82, 2.24) is 0 Å². The fraction of sp³-hybridized carbons (Fsp3) is 0.333. The van der Waals surface area contributed by atoms with Gasteiger partial charge in [-0.15, -0.1) is 0 Å². The van der Waals surface area contributed by atoms with E-state index in [-0.39, 0.29) is 12.7 Å². The molecule has 0 saturated heterocycles. The van der Waals surface area contributed by atoms with Crippen LogP contribution in [-0.2, 0) is 11.2 Å². The van der Waals surface area contributed by atoms with Crippen molar-refractivity contribution >= 4 is 0 Å². The van der Waals surface area contributed by atoms with Gasteiger partial charge in [-0.05, 0) is 36.5 Å². The minimum Gasteiger partial charge on any atom is -0.386 e. The fourth-order valence-corrected chi connectivity index (χ4v) is 2.92. The Bertz CT molecular complexity index is 612. The monoisotopic (exact) mass is 286 g/mol. The molecule has 1 aliphatic rings. The lowest BCUT2D eigenvalue weighted by Gasteiger charge is -2.26. The number of aliphatic hydroxyl groups is 1. The Morgan fingerprint density at radius 1 is 1.14 bits per heavy atom. The summed E-state index contributed by atoms with van der Waals surface area (Å²) in [6.45, 7) is 0.111. The van der Waals surface area contributed by atoms with Crippen LogP contribution < -0.4 is 0 Å². The number of aryl methyl sites for hydroxylation is 1. The van der Waals surface area contributed by atoms with Gasteiger partial charge >= 0.3 is 0 Å². The molecule has 3 heteroatoms. The molecule has 0 radical (unpaired) electrons. The van der Waals surface area contributed by atoms with Gasteiger partial charge in [-0.3, -0.25) is 0 Å². The number of ether oxygens (including phenoxy) is 1. The van der Waals surface area contributed by atoms with Gasteiger partial charge in [0.25, 0.3) is 0 Å². The maximum Gasteiger partial charge on any atom is 0.129 e. The smallest absolute Gasteiger partial charge is 0.129 e. The van der Waals surface area contributed by atoms with Gasteiger partial charge in [-0.25, -0.2) is 4.39 Å². The first-order valence-electron chi connectivity index (χ1n) is 7.37. The van der Waals surface area contributed by atoms with E-state index in [2.05, 4.69) is 12.1 Å². The molecule has 0 heterocycles. The third-order valence-electron chi connectivity index (χ3n) is 4.03. The Balaban J connectivity index is 1.67. The average molecular weight is 286 g/mol. The second-order valence-electron chi connectivity index (χ2n) is 5.45. The largest absolute Gasteiger partial charge is 0.386 e. The van der Waals surface area contributed by atoms with Crippen molar-refractivity contribution in [3.8, 4) is 0 Å². The summed E-state index contributed by atoms with van der Waals surface area (Å²) in [6.07, 6.45) is 2.17. The van der Waals surface area contributed by atoms with Gasteiger partial charge in [0, 0.05) is 5.56 Å². The Labute approximate surface area is 124 Å². The number of halogens is 1. The molecular formula is C18H19FO2. The van der Waals surface area contributed by atoms with Crippen molar-refractivity contribution < 1.29 is 14.2 Å². The van der Waals surface area contributed by atoms with Crippen LogP contribution in [0.4, 0.5) is 4.39 Å². The number of aliphatic hydroxyl groups excluding tert-OH is 1. The van der Waals surface area contributed by atoms with Crippen molar-refractivity contribution in [2.24, 2.45) is 0 Å². The summed E-state index contributed by atoms with van der Waals surface area (Å²) in [7, 11) is 0. The van der Waals surface area contributed by atoms with E-state index in [9.17, 15) is 9.50 Å². The van der Waals surface area contributed by atoms with Crippen LogP contribution in [0.5, 0.6) is 0 Å². The van der Waals surface area contributed by atoms with E-state index in [0.29, 0.717) is 5.56 Å². The summed E-state index contributed by atoms with van der Waals surface area (Å²) < 4.78 is 19.5. The van der Waals surface area contributed by atoms with Gasteiger partial charge in [0.15, 0.2) is 0 Å². The van der Waals surface area contributed by atoms with Crippen LogP contribution in [0.15, 0.2) is 48.5 Å². The Morgan fingerprint density at radius 2 is 1.90 bits per heavy atom. The molecule has 2 nitrogen and oxygen atoms in total.